The third-order valence-electron chi connectivity index (χ3n) is 1.28. The lowest BCUT2D eigenvalue weighted by atomic mass is 10.4. The van der Waals surface area contributed by atoms with Gasteiger partial charge in [0.2, 0.25) is 5.88 Å². The van der Waals surface area contributed by atoms with Crippen molar-refractivity contribution in [3.8, 4) is 0 Å². The molecule has 3 heteroatoms. The summed E-state index contributed by atoms with van der Waals surface area (Å²) >= 11 is 0. The minimum absolute atomic E-state index is 0.565. The monoisotopic (exact) mass is 164 g/mol. The zero-order chi connectivity index (χ0) is 9.14. The first-order valence-electron chi connectivity index (χ1n) is 3.73. The van der Waals surface area contributed by atoms with Crippen molar-refractivity contribution in [3.63, 3.8) is 0 Å². The molecule has 1 heterocycles. The molecule has 1 rings (SSSR count). The van der Waals surface area contributed by atoms with Crippen LogP contribution in [0.25, 0.3) is 0 Å². The lowest BCUT2D eigenvalue weighted by molar-refractivity contribution is 0.531. The fourth-order valence-electron chi connectivity index (χ4n) is 0.809. The van der Waals surface area contributed by atoms with Crippen LogP contribution < -0.4 is 0 Å². The van der Waals surface area contributed by atoms with Gasteiger partial charge in [-0.1, -0.05) is 6.58 Å². The third kappa shape index (κ3) is 2.05. The number of aliphatic imine (C=N–C) groups is 1. The number of rotatable bonds is 2. The normalized spacial score (nSPS) is 10.9. The first-order chi connectivity index (χ1) is 5.59. The summed E-state index contributed by atoms with van der Waals surface area (Å²) < 4.78 is 5.21. The van der Waals surface area contributed by atoms with Crippen molar-refractivity contribution in [3.05, 3.63) is 23.7 Å². The van der Waals surface area contributed by atoms with E-state index in [-0.39, 0.29) is 0 Å². The average molecular weight is 164 g/mol. The Morgan fingerprint density at radius 2 is 2.25 bits per heavy atom. The number of hydrogen-bond donors (Lipinski definition) is 0. The van der Waals surface area contributed by atoms with Gasteiger partial charge in [0.1, 0.15) is 5.69 Å². The minimum atomic E-state index is 0.565. The smallest absolute Gasteiger partial charge is 0.242 e. The van der Waals surface area contributed by atoms with Gasteiger partial charge >= 0.3 is 0 Å². The van der Waals surface area contributed by atoms with Crippen molar-refractivity contribution in [2.45, 2.75) is 20.8 Å². The maximum Gasteiger partial charge on any atom is 0.242 e. The van der Waals surface area contributed by atoms with Gasteiger partial charge in [0, 0.05) is 13.1 Å². The van der Waals surface area contributed by atoms with E-state index in [9.17, 15) is 0 Å². The van der Waals surface area contributed by atoms with Crippen molar-refractivity contribution >= 4 is 12.1 Å². The molecular formula is C9H12N2O. The van der Waals surface area contributed by atoms with Crippen LogP contribution in [0.2, 0.25) is 0 Å². The summed E-state index contributed by atoms with van der Waals surface area (Å²) in [6.45, 7) is 9.23. The number of oxazole rings is 1. The Bertz CT molecular complexity index is 323. The van der Waals surface area contributed by atoms with Gasteiger partial charge in [0.05, 0.1) is 0 Å². The second kappa shape index (κ2) is 3.34. The third-order valence-corrected chi connectivity index (χ3v) is 1.28. The molecule has 0 N–H and O–H groups in total. The molecule has 0 aromatic carbocycles. The van der Waals surface area contributed by atoms with Crippen molar-refractivity contribution in [1.82, 2.24) is 4.98 Å². The summed E-state index contributed by atoms with van der Waals surface area (Å²) in [5.41, 5.74) is 1.70. The summed E-state index contributed by atoms with van der Waals surface area (Å²) in [6.07, 6.45) is 1.66. The lowest BCUT2D eigenvalue weighted by Gasteiger charge is -1.86. The Hall–Kier alpha value is -1.38. The topological polar surface area (TPSA) is 38.4 Å². The van der Waals surface area contributed by atoms with Crippen LogP contribution in [-0.2, 0) is 0 Å². The largest absolute Gasteiger partial charge is 0.423 e. The SMILES string of the molecule is C=C(C)C=Nc1oc(C)nc1C. The van der Waals surface area contributed by atoms with Gasteiger partial charge in [0.25, 0.3) is 0 Å². The first kappa shape index (κ1) is 8.71. The molecule has 1 aromatic heterocycles. The summed E-state index contributed by atoms with van der Waals surface area (Å²) in [5, 5.41) is 0. The molecule has 64 valence electrons. The molecule has 0 unspecified atom stereocenters. The average Bonchev–Trinajstić information content (AvgIpc) is 2.26. The number of nitrogens with zero attached hydrogens (tertiary/aromatic N) is 2. The van der Waals surface area contributed by atoms with Crippen LogP contribution in [0.3, 0.4) is 0 Å². The summed E-state index contributed by atoms with van der Waals surface area (Å²) in [6, 6.07) is 0. The Morgan fingerprint density at radius 1 is 1.58 bits per heavy atom. The highest BCUT2D eigenvalue weighted by atomic mass is 16.4. The fraction of sp³-hybridized carbons (Fsp3) is 0.333. The van der Waals surface area contributed by atoms with E-state index < -0.39 is 0 Å². The first-order valence-corrected chi connectivity index (χ1v) is 3.73. The van der Waals surface area contributed by atoms with Gasteiger partial charge in [-0.2, -0.15) is 0 Å². The van der Waals surface area contributed by atoms with E-state index in [1.807, 2.05) is 13.8 Å². The second-order valence-electron chi connectivity index (χ2n) is 2.73. The van der Waals surface area contributed by atoms with Crippen LogP contribution in [0.15, 0.2) is 21.6 Å². The summed E-state index contributed by atoms with van der Waals surface area (Å²) in [5.74, 6) is 1.21. The van der Waals surface area contributed by atoms with Gasteiger partial charge in [-0.25, -0.2) is 9.98 Å². The van der Waals surface area contributed by atoms with Gasteiger partial charge < -0.3 is 4.42 Å². The fourth-order valence-corrected chi connectivity index (χ4v) is 0.809. The molecule has 0 aliphatic rings. The van der Waals surface area contributed by atoms with Crippen molar-refractivity contribution in [2.75, 3.05) is 0 Å². The van der Waals surface area contributed by atoms with Crippen LogP contribution in [0.5, 0.6) is 0 Å². The molecule has 12 heavy (non-hydrogen) atoms. The number of aryl methyl sites for hydroxylation is 2. The molecule has 0 aliphatic carbocycles. The van der Waals surface area contributed by atoms with E-state index in [4.69, 9.17) is 4.42 Å². The number of aromatic nitrogens is 1. The maximum absolute atomic E-state index is 5.21. The van der Waals surface area contributed by atoms with E-state index in [2.05, 4.69) is 16.6 Å². The van der Waals surface area contributed by atoms with E-state index >= 15 is 0 Å². The lowest BCUT2D eigenvalue weighted by Crippen LogP contribution is -1.73. The van der Waals surface area contributed by atoms with Gasteiger partial charge in [0.15, 0.2) is 5.89 Å². The minimum Gasteiger partial charge on any atom is -0.423 e. The van der Waals surface area contributed by atoms with Crippen LogP contribution in [-0.4, -0.2) is 11.2 Å². The van der Waals surface area contributed by atoms with E-state index in [1.54, 1.807) is 13.1 Å². The highest BCUT2D eigenvalue weighted by Crippen LogP contribution is 2.18. The molecular weight excluding hydrogens is 152 g/mol. The number of hydrogen-bond acceptors (Lipinski definition) is 3. The molecule has 0 spiro atoms. The highest BCUT2D eigenvalue weighted by Gasteiger charge is 2.02. The quantitative estimate of drug-likeness (QED) is 0.630. The molecule has 0 aliphatic heterocycles. The van der Waals surface area contributed by atoms with Gasteiger partial charge in [-0.05, 0) is 19.4 Å². The van der Waals surface area contributed by atoms with E-state index in [0.717, 1.165) is 11.3 Å². The molecule has 0 atom stereocenters. The zero-order valence-electron chi connectivity index (χ0n) is 7.59. The summed E-state index contributed by atoms with van der Waals surface area (Å²) in [4.78, 5) is 8.15. The molecule has 0 radical (unpaired) electrons. The van der Waals surface area contributed by atoms with Crippen LogP contribution in [0.1, 0.15) is 18.5 Å². The Balaban J connectivity index is 2.89. The predicted molar refractivity (Wildman–Crippen MR) is 48.9 cm³/mol. The Kier molecular flexibility index (Phi) is 2.43. The Morgan fingerprint density at radius 3 is 2.67 bits per heavy atom. The maximum atomic E-state index is 5.21. The molecule has 0 bridgehead atoms. The van der Waals surface area contributed by atoms with Gasteiger partial charge in [-0.3, -0.25) is 0 Å². The molecule has 0 saturated heterocycles. The van der Waals surface area contributed by atoms with Crippen molar-refractivity contribution < 1.29 is 4.42 Å². The molecule has 3 nitrogen and oxygen atoms in total. The van der Waals surface area contributed by atoms with E-state index in [0.29, 0.717) is 11.8 Å². The summed E-state index contributed by atoms with van der Waals surface area (Å²) in [7, 11) is 0. The van der Waals surface area contributed by atoms with Crippen LogP contribution in [0, 0.1) is 13.8 Å². The van der Waals surface area contributed by atoms with Crippen LogP contribution >= 0.6 is 0 Å². The highest BCUT2D eigenvalue weighted by molar-refractivity contribution is 5.78. The molecule has 0 fully saturated rings. The van der Waals surface area contributed by atoms with Crippen molar-refractivity contribution in [1.29, 1.82) is 0 Å². The van der Waals surface area contributed by atoms with E-state index in [1.165, 1.54) is 0 Å². The molecule has 1 aromatic rings. The van der Waals surface area contributed by atoms with Gasteiger partial charge in [-0.15, -0.1) is 0 Å². The number of allylic oxidation sites excluding steroid dienone is 1. The standard InChI is InChI=1S/C9H12N2O/c1-6(2)5-10-9-7(3)11-8(4)12-9/h5H,1H2,2-4H3. The Labute approximate surface area is 71.8 Å². The second-order valence-corrected chi connectivity index (χ2v) is 2.73. The molecule has 0 saturated carbocycles. The van der Waals surface area contributed by atoms with Crippen LogP contribution in [0.4, 0.5) is 5.88 Å². The van der Waals surface area contributed by atoms with Crippen molar-refractivity contribution in [2.24, 2.45) is 4.99 Å². The predicted octanol–water partition coefficient (Wildman–Crippen LogP) is 2.57. The zero-order valence-corrected chi connectivity index (χ0v) is 7.59. The molecule has 0 amide bonds.